The summed E-state index contributed by atoms with van der Waals surface area (Å²) in [6, 6.07) is 0.296. The Morgan fingerprint density at radius 1 is 1.55 bits per heavy atom. The molecule has 1 fully saturated rings. The highest BCUT2D eigenvalue weighted by Gasteiger charge is 2.23. The van der Waals surface area contributed by atoms with Gasteiger partial charge >= 0.3 is 5.69 Å². The van der Waals surface area contributed by atoms with Gasteiger partial charge in [0.15, 0.2) is 0 Å². The minimum Gasteiger partial charge on any atom is -0.340 e. The van der Waals surface area contributed by atoms with E-state index in [0.29, 0.717) is 24.7 Å². The number of nitro groups is 1. The summed E-state index contributed by atoms with van der Waals surface area (Å²) in [5.41, 5.74) is 0.387. The average Bonchev–Trinajstić information content (AvgIpc) is 2.78. The Kier molecular flexibility index (Phi) is 4.36. The van der Waals surface area contributed by atoms with Crippen molar-refractivity contribution in [2.45, 2.75) is 52.1 Å². The first-order valence-electron chi connectivity index (χ1n) is 6.97. The van der Waals surface area contributed by atoms with Crippen molar-refractivity contribution in [1.82, 2.24) is 14.7 Å². The molecule has 0 radical (unpaired) electrons. The van der Waals surface area contributed by atoms with E-state index in [-0.39, 0.29) is 11.6 Å². The zero-order valence-corrected chi connectivity index (χ0v) is 11.9. The first-order chi connectivity index (χ1) is 9.49. The Morgan fingerprint density at radius 3 is 2.90 bits per heavy atom. The molecule has 0 aliphatic carbocycles. The summed E-state index contributed by atoms with van der Waals surface area (Å²) in [5.74, 6) is 0.105. The average molecular weight is 280 g/mol. The minimum atomic E-state index is -0.451. The third-order valence-electron chi connectivity index (χ3n) is 3.80. The maximum atomic E-state index is 12.2. The largest absolute Gasteiger partial charge is 0.340 e. The third kappa shape index (κ3) is 3.15. The van der Waals surface area contributed by atoms with Crippen molar-refractivity contribution in [3.8, 4) is 0 Å². The Hall–Kier alpha value is -1.92. The van der Waals surface area contributed by atoms with Gasteiger partial charge in [0.05, 0.1) is 4.92 Å². The third-order valence-corrected chi connectivity index (χ3v) is 3.80. The number of aromatic nitrogens is 2. The predicted molar refractivity (Wildman–Crippen MR) is 73.3 cm³/mol. The van der Waals surface area contributed by atoms with Gasteiger partial charge in [-0.15, -0.1) is 0 Å². The fourth-order valence-corrected chi connectivity index (χ4v) is 2.62. The normalized spacial score (nSPS) is 19.1. The quantitative estimate of drug-likeness (QED) is 0.623. The van der Waals surface area contributed by atoms with Gasteiger partial charge in [-0.2, -0.15) is 5.10 Å². The molecule has 20 heavy (non-hydrogen) atoms. The molecule has 1 aliphatic heterocycles. The second kappa shape index (κ2) is 6.02. The Balaban J connectivity index is 1.93. The van der Waals surface area contributed by atoms with Crippen LogP contribution in [-0.2, 0) is 11.3 Å². The topological polar surface area (TPSA) is 81.3 Å². The number of amides is 1. The first-order valence-corrected chi connectivity index (χ1v) is 6.97. The van der Waals surface area contributed by atoms with E-state index < -0.39 is 4.92 Å². The van der Waals surface area contributed by atoms with Gasteiger partial charge in [-0.05, 0) is 33.1 Å². The molecule has 1 aliphatic rings. The molecule has 2 rings (SSSR count). The molecule has 0 saturated carbocycles. The highest BCUT2D eigenvalue weighted by atomic mass is 16.6. The van der Waals surface area contributed by atoms with Crippen LogP contribution in [0.4, 0.5) is 5.69 Å². The molecule has 1 saturated heterocycles. The SMILES string of the molecule is Cc1nn(CCC(=O)N2CCCC[C@@H]2C)cc1[N+](=O)[O-]. The van der Waals surface area contributed by atoms with Gasteiger partial charge in [-0.25, -0.2) is 0 Å². The molecule has 1 aromatic heterocycles. The lowest BCUT2D eigenvalue weighted by atomic mass is 10.0. The van der Waals surface area contributed by atoms with Crippen LogP contribution in [0.2, 0.25) is 0 Å². The number of piperidine rings is 1. The number of carbonyl (C=O) groups is 1. The van der Waals surface area contributed by atoms with Gasteiger partial charge in [-0.1, -0.05) is 0 Å². The van der Waals surface area contributed by atoms with Gasteiger partial charge in [0.2, 0.25) is 5.91 Å². The van der Waals surface area contributed by atoms with E-state index in [4.69, 9.17) is 0 Å². The lowest BCUT2D eigenvalue weighted by Crippen LogP contribution is -2.42. The van der Waals surface area contributed by atoms with E-state index in [9.17, 15) is 14.9 Å². The van der Waals surface area contributed by atoms with Crippen LogP contribution in [-0.4, -0.2) is 38.1 Å². The summed E-state index contributed by atoms with van der Waals surface area (Å²) in [6.45, 7) is 4.87. The van der Waals surface area contributed by atoms with Crippen LogP contribution in [0, 0.1) is 17.0 Å². The van der Waals surface area contributed by atoms with Crippen LogP contribution >= 0.6 is 0 Å². The highest BCUT2D eigenvalue weighted by Crippen LogP contribution is 2.18. The second-order valence-corrected chi connectivity index (χ2v) is 5.30. The highest BCUT2D eigenvalue weighted by molar-refractivity contribution is 5.76. The number of aryl methyl sites for hydroxylation is 2. The predicted octanol–water partition coefficient (Wildman–Crippen LogP) is 1.89. The molecule has 1 aromatic rings. The summed E-state index contributed by atoms with van der Waals surface area (Å²) >= 11 is 0. The first kappa shape index (κ1) is 14.5. The summed E-state index contributed by atoms with van der Waals surface area (Å²) in [6.07, 6.45) is 5.01. The molecular weight excluding hydrogens is 260 g/mol. The van der Waals surface area contributed by atoms with Gasteiger partial charge in [-0.3, -0.25) is 19.6 Å². The summed E-state index contributed by atoms with van der Waals surface area (Å²) in [4.78, 5) is 24.4. The van der Waals surface area contributed by atoms with Crippen molar-refractivity contribution in [1.29, 1.82) is 0 Å². The molecule has 1 atom stereocenters. The number of hydrogen-bond acceptors (Lipinski definition) is 4. The summed E-state index contributed by atoms with van der Waals surface area (Å²) in [7, 11) is 0. The Morgan fingerprint density at radius 2 is 2.30 bits per heavy atom. The van der Waals surface area contributed by atoms with Crippen LogP contribution in [0.15, 0.2) is 6.20 Å². The van der Waals surface area contributed by atoms with Crippen LogP contribution in [0.1, 0.15) is 38.3 Å². The molecule has 0 bridgehead atoms. The molecule has 0 spiro atoms. The number of rotatable bonds is 4. The second-order valence-electron chi connectivity index (χ2n) is 5.30. The molecule has 7 nitrogen and oxygen atoms in total. The Labute approximate surface area is 117 Å². The summed E-state index contributed by atoms with van der Waals surface area (Å²) < 4.78 is 1.49. The van der Waals surface area contributed by atoms with E-state index in [1.165, 1.54) is 17.3 Å². The van der Waals surface area contributed by atoms with Crippen LogP contribution in [0.5, 0.6) is 0 Å². The van der Waals surface area contributed by atoms with E-state index in [1.807, 2.05) is 4.90 Å². The lowest BCUT2D eigenvalue weighted by Gasteiger charge is -2.33. The van der Waals surface area contributed by atoms with Crippen LogP contribution < -0.4 is 0 Å². The van der Waals surface area contributed by atoms with Gasteiger partial charge in [0.1, 0.15) is 11.9 Å². The van der Waals surface area contributed by atoms with Crippen molar-refractivity contribution < 1.29 is 9.72 Å². The van der Waals surface area contributed by atoms with Gasteiger partial charge in [0.25, 0.3) is 0 Å². The number of hydrogen-bond donors (Lipinski definition) is 0. The van der Waals surface area contributed by atoms with Crippen molar-refractivity contribution in [2.75, 3.05) is 6.54 Å². The van der Waals surface area contributed by atoms with E-state index in [2.05, 4.69) is 12.0 Å². The fourth-order valence-electron chi connectivity index (χ4n) is 2.62. The van der Waals surface area contributed by atoms with Crippen molar-refractivity contribution >= 4 is 11.6 Å². The van der Waals surface area contributed by atoms with Crippen molar-refractivity contribution in [3.63, 3.8) is 0 Å². The van der Waals surface area contributed by atoms with E-state index in [1.54, 1.807) is 6.92 Å². The molecule has 2 heterocycles. The lowest BCUT2D eigenvalue weighted by molar-refractivity contribution is -0.385. The standard InChI is InChI=1S/C13H20N4O3/c1-10-5-3-4-7-16(10)13(18)6-8-15-9-12(17(19)20)11(2)14-15/h9-10H,3-8H2,1-2H3/t10-/m0/s1. The molecule has 1 amide bonds. The maximum Gasteiger partial charge on any atom is 0.309 e. The van der Waals surface area contributed by atoms with Crippen LogP contribution in [0.25, 0.3) is 0 Å². The monoisotopic (exact) mass is 280 g/mol. The molecule has 110 valence electrons. The van der Waals surface area contributed by atoms with E-state index >= 15 is 0 Å². The van der Waals surface area contributed by atoms with Crippen LogP contribution in [0.3, 0.4) is 0 Å². The van der Waals surface area contributed by atoms with Crippen molar-refractivity contribution in [3.05, 3.63) is 22.0 Å². The Bertz CT molecular complexity index is 512. The maximum absolute atomic E-state index is 12.2. The molecular formula is C13H20N4O3. The summed E-state index contributed by atoms with van der Waals surface area (Å²) in [5, 5.41) is 14.8. The molecule has 0 unspecified atom stereocenters. The molecule has 0 N–H and O–H groups in total. The smallest absolute Gasteiger partial charge is 0.309 e. The number of carbonyl (C=O) groups excluding carboxylic acids is 1. The molecule has 7 heteroatoms. The van der Waals surface area contributed by atoms with Gasteiger partial charge < -0.3 is 4.90 Å². The number of likely N-dealkylation sites (tertiary alicyclic amines) is 1. The minimum absolute atomic E-state index is 0.00351. The van der Waals surface area contributed by atoms with Crippen molar-refractivity contribution in [2.24, 2.45) is 0 Å². The van der Waals surface area contributed by atoms with E-state index in [0.717, 1.165) is 19.4 Å². The fraction of sp³-hybridized carbons (Fsp3) is 0.692. The molecule has 0 aromatic carbocycles. The zero-order valence-electron chi connectivity index (χ0n) is 11.9. The zero-order chi connectivity index (χ0) is 14.7. The van der Waals surface area contributed by atoms with Gasteiger partial charge in [0, 0.05) is 25.6 Å². The number of nitrogens with zero attached hydrogens (tertiary/aromatic N) is 4.